The Morgan fingerprint density at radius 2 is 2.27 bits per heavy atom. The zero-order valence-electron chi connectivity index (χ0n) is 11.2. The summed E-state index contributed by atoms with van der Waals surface area (Å²) in [6.07, 6.45) is 0.469. The van der Waals surface area contributed by atoms with Gasteiger partial charge in [-0.15, -0.1) is 21.5 Å². The molecule has 22 heavy (non-hydrogen) atoms. The number of hydrogen-bond acceptors (Lipinski definition) is 7. The highest BCUT2D eigenvalue weighted by atomic mass is 35.5. The average Bonchev–Trinajstić information content (AvgIpc) is 3.15. The van der Waals surface area contributed by atoms with Crippen molar-refractivity contribution in [2.45, 2.75) is 11.6 Å². The van der Waals surface area contributed by atoms with Gasteiger partial charge in [0.1, 0.15) is 5.01 Å². The second-order valence-electron chi connectivity index (χ2n) is 4.24. The molecule has 0 saturated carbocycles. The van der Waals surface area contributed by atoms with Crippen LogP contribution in [0.15, 0.2) is 39.3 Å². The van der Waals surface area contributed by atoms with Gasteiger partial charge in [0.25, 0.3) is 5.22 Å². The number of aromatic nitrogens is 3. The molecule has 0 bridgehead atoms. The summed E-state index contributed by atoms with van der Waals surface area (Å²) in [6, 6.07) is 9.60. The van der Waals surface area contributed by atoms with E-state index in [4.69, 9.17) is 21.3 Å². The predicted octanol–water partition coefficient (Wildman–Crippen LogP) is 4.05. The van der Waals surface area contributed by atoms with E-state index < -0.39 is 0 Å². The van der Waals surface area contributed by atoms with E-state index in [-0.39, 0.29) is 5.75 Å². The molecule has 0 aliphatic rings. The monoisotopic (exact) mass is 348 g/mol. The summed E-state index contributed by atoms with van der Waals surface area (Å²) in [5.41, 5.74) is 1.85. The van der Waals surface area contributed by atoms with Crippen molar-refractivity contribution in [1.82, 2.24) is 15.2 Å². The zero-order chi connectivity index (χ0) is 15.4. The predicted molar refractivity (Wildman–Crippen MR) is 86.0 cm³/mol. The molecule has 0 aliphatic heterocycles. The van der Waals surface area contributed by atoms with E-state index >= 15 is 0 Å². The van der Waals surface area contributed by atoms with Gasteiger partial charge in [-0.1, -0.05) is 35.5 Å². The summed E-state index contributed by atoms with van der Waals surface area (Å²) in [5, 5.41) is 20.3. The molecule has 2 aromatic heterocycles. The van der Waals surface area contributed by atoms with Crippen molar-refractivity contribution in [3.8, 4) is 16.6 Å². The van der Waals surface area contributed by atoms with Gasteiger partial charge in [0.05, 0.1) is 23.9 Å². The molecule has 8 heteroatoms. The van der Waals surface area contributed by atoms with Crippen LogP contribution >= 0.6 is 34.7 Å². The van der Waals surface area contributed by atoms with Crippen molar-refractivity contribution in [3.05, 3.63) is 46.3 Å². The summed E-state index contributed by atoms with van der Waals surface area (Å²) < 4.78 is 5.46. The SMILES string of the molecule is N#CCSc1nnc(Cc2csc(-c3cccc(Cl)c3)n2)o1. The largest absolute Gasteiger partial charge is 0.416 e. The lowest BCUT2D eigenvalue weighted by Gasteiger charge is -1.96. The van der Waals surface area contributed by atoms with Crippen LogP contribution < -0.4 is 0 Å². The van der Waals surface area contributed by atoms with E-state index in [0.29, 0.717) is 22.6 Å². The van der Waals surface area contributed by atoms with E-state index in [2.05, 4.69) is 15.2 Å². The molecule has 1 aromatic carbocycles. The number of thioether (sulfide) groups is 1. The zero-order valence-corrected chi connectivity index (χ0v) is 13.6. The van der Waals surface area contributed by atoms with E-state index in [0.717, 1.165) is 16.3 Å². The Balaban J connectivity index is 1.72. The van der Waals surface area contributed by atoms with Gasteiger partial charge in [0, 0.05) is 16.0 Å². The Labute approximate surface area is 140 Å². The quantitative estimate of drug-likeness (QED) is 0.647. The number of rotatable bonds is 5. The molecule has 3 rings (SSSR count). The molecule has 5 nitrogen and oxygen atoms in total. The van der Waals surface area contributed by atoms with Crippen LogP contribution in [-0.2, 0) is 6.42 Å². The van der Waals surface area contributed by atoms with Crippen molar-refractivity contribution in [2.75, 3.05) is 5.75 Å². The lowest BCUT2D eigenvalue weighted by molar-refractivity contribution is 0.420. The number of nitriles is 1. The molecule has 0 radical (unpaired) electrons. The Morgan fingerprint density at radius 3 is 3.09 bits per heavy atom. The molecule has 3 aromatic rings. The van der Waals surface area contributed by atoms with Gasteiger partial charge in [-0.05, 0) is 12.1 Å². The van der Waals surface area contributed by atoms with Crippen LogP contribution in [0.4, 0.5) is 0 Å². The Bertz CT molecular complexity index is 824. The smallest absolute Gasteiger partial charge is 0.277 e. The molecule has 0 N–H and O–H groups in total. The van der Waals surface area contributed by atoms with Crippen LogP contribution in [-0.4, -0.2) is 20.9 Å². The molecule has 0 saturated heterocycles. The van der Waals surface area contributed by atoms with E-state index in [1.165, 1.54) is 11.8 Å². The van der Waals surface area contributed by atoms with Crippen molar-refractivity contribution < 1.29 is 4.42 Å². The Hall–Kier alpha value is -1.88. The molecular formula is C14H9ClN4OS2. The van der Waals surface area contributed by atoms with Crippen molar-refractivity contribution in [3.63, 3.8) is 0 Å². The van der Waals surface area contributed by atoms with Crippen LogP contribution in [0.1, 0.15) is 11.6 Å². The molecular weight excluding hydrogens is 340 g/mol. The van der Waals surface area contributed by atoms with E-state index in [9.17, 15) is 0 Å². The summed E-state index contributed by atoms with van der Waals surface area (Å²) in [7, 11) is 0. The number of thiazole rings is 1. The Morgan fingerprint density at radius 1 is 1.36 bits per heavy atom. The summed E-state index contributed by atoms with van der Waals surface area (Å²) in [6.45, 7) is 0. The first kappa shape index (κ1) is 15.0. The third-order valence-electron chi connectivity index (χ3n) is 2.66. The van der Waals surface area contributed by atoms with Crippen molar-refractivity contribution >= 4 is 34.7 Å². The van der Waals surface area contributed by atoms with E-state index in [1.54, 1.807) is 11.3 Å². The molecule has 0 spiro atoms. The molecule has 2 heterocycles. The van der Waals surface area contributed by atoms with Crippen LogP contribution in [0.25, 0.3) is 10.6 Å². The lowest BCUT2D eigenvalue weighted by atomic mass is 10.2. The van der Waals surface area contributed by atoms with Gasteiger partial charge in [0.2, 0.25) is 5.89 Å². The second-order valence-corrected chi connectivity index (χ2v) is 6.46. The Kier molecular flexibility index (Phi) is 4.73. The van der Waals surface area contributed by atoms with Crippen molar-refractivity contribution in [2.24, 2.45) is 0 Å². The summed E-state index contributed by atoms with van der Waals surface area (Å²) in [5.74, 6) is 0.778. The normalized spacial score (nSPS) is 10.5. The van der Waals surface area contributed by atoms with Crippen LogP contribution in [0.2, 0.25) is 5.02 Å². The minimum Gasteiger partial charge on any atom is -0.416 e. The maximum atomic E-state index is 8.52. The third-order valence-corrected chi connectivity index (χ3v) is 4.52. The lowest BCUT2D eigenvalue weighted by Crippen LogP contribution is -1.88. The van der Waals surface area contributed by atoms with Gasteiger partial charge in [0.15, 0.2) is 0 Å². The average molecular weight is 349 g/mol. The number of halogens is 1. The summed E-state index contributed by atoms with van der Waals surface area (Å²) >= 11 is 8.76. The highest BCUT2D eigenvalue weighted by molar-refractivity contribution is 7.99. The third kappa shape index (κ3) is 3.65. The topological polar surface area (TPSA) is 75.6 Å². The summed E-state index contributed by atoms with van der Waals surface area (Å²) in [4.78, 5) is 4.56. The first-order valence-corrected chi connectivity index (χ1v) is 8.51. The van der Waals surface area contributed by atoms with Gasteiger partial charge in [-0.3, -0.25) is 0 Å². The molecule has 0 fully saturated rings. The van der Waals surface area contributed by atoms with Gasteiger partial charge < -0.3 is 4.42 Å². The van der Waals surface area contributed by atoms with Gasteiger partial charge in [-0.25, -0.2) is 4.98 Å². The van der Waals surface area contributed by atoms with Gasteiger partial charge in [-0.2, -0.15) is 5.26 Å². The minimum absolute atomic E-state index is 0.289. The molecule has 0 amide bonds. The van der Waals surface area contributed by atoms with Gasteiger partial charge >= 0.3 is 0 Å². The van der Waals surface area contributed by atoms with Crippen molar-refractivity contribution in [1.29, 1.82) is 5.26 Å². The highest BCUT2D eigenvalue weighted by Gasteiger charge is 2.11. The first-order chi connectivity index (χ1) is 10.7. The van der Waals surface area contributed by atoms with Crippen LogP contribution in [0.5, 0.6) is 0 Å². The fraction of sp³-hybridized carbons (Fsp3) is 0.143. The molecule has 0 atom stereocenters. The maximum absolute atomic E-state index is 8.52. The maximum Gasteiger partial charge on any atom is 0.277 e. The molecule has 0 unspecified atom stereocenters. The number of benzene rings is 1. The fourth-order valence-corrected chi connectivity index (χ4v) is 3.21. The fourth-order valence-electron chi connectivity index (χ4n) is 1.76. The van der Waals surface area contributed by atoms with Crippen LogP contribution in [0.3, 0.4) is 0 Å². The van der Waals surface area contributed by atoms with Crippen LogP contribution in [0, 0.1) is 11.3 Å². The highest BCUT2D eigenvalue weighted by Crippen LogP contribution is 2.27. The standard InChI is InChI=1S/C14H9ClN4OS2/c15-10-3-1-2-9(6-10)13-17-11(8-22-13)7-12-18-19-14(20-12)21-5-4-16/h1-3,6,8H,5,7H2. The second kappa shape index (κ2) is 6.92. The molecule has 0 aliphatic carbocycles. The number of hydrogen-bond donors (Lipinski definition) is 0. The first-order valence-electron chi connectivity index (χ1n) is 6.27. The number of nitrogens with zero attached hydrogens (tertiary/aromatic N) is 4. The van der Waals surface area contributed by atoms with E-state index in [1.807, 2.05) is 35.7 Å². The molecule has 110 valence electrons. The minimum atomic E-state index is 0.289.